The number of rotatable bonds is 3. The zero-order valence-corrected chi connectivity index (χ0v) is 24.5. The first-order chi connectivity index (χ1) is 21.3. The number of benzene rings is 7. The summed E-state index contributed by atoms with van der Waals surface area (Å²) in [6.07, 6.45) is 6.87. The Labute approximate surface area is 255 Å². The average molecular weight is 565 g/mol. The van der Waals surface area contributed by atoms with Gasteiger partial charge in [-0.15, -0.1) is 11.3 Å². The van der Waals surface area contributed by atoms with Crippen molar-refractivity contribution in [1.82, 2.24) is 0 Å². The summed E-state index contributed by atoms with van der Waals surface area (Å²) in [6, 6.07) is 49.3. The minimum absolute atomic E-state index is 1.05. The van der Waals surface area contributed by atoms with Gasteiger partial charge in [0.2, 0.25) is 0 Å². The Morgan fingerprint density at radius 2 is 1.09 bits per heavy atom. The molecule has 1 heterocycles. The Morgan fingerprint density at radius 3 is 1.95 bits per heavy atom. The predicted molar refractivity (Wildman–Crippen MR) is 188 cm³/mol. The van der Waals surface area contributed by atoms with E-state index in [2.05, 4.69) is 146 Å². The highest BCUT2D eigenvalue weighted by Gasteiger charge is 2.23. The standard InChI is InChI=1S/C42H28S/c1-2-13-30-27(11-1)12-9-19-31(30)28-23-25-29(26-24-28)40-33-15-3-5-17-35(33)41(36-18-6-4-16-34(36)40)38-21-10-20-37-32-14-7-8-22-39(32)43-42(37)38/h1-3,5-15,17-26H,4,16H2. The molecule has 0 atom stereocenters. The molecular formula is C42H28S. The molecule has 1 aliphatic rings. The number of fused-ring (bicyclic) bond motifs is 6. The monoisotopic (exact) mass is 564 g/mol. The Balaban J connectivity index is 1.29. The Kier molecular flexibility index (Phi) is 5.61. The van der Waals surface area contributed by atoms with E-state index in [0.717, 1.165) is 12.8 Å². The third kappa shape index (κ3) is 3.82. The van der Waals surface area contributed by atoms with Crippen LogP contribution in [0, 0.1) is 0 Å². The predicted octanol–water partition coefficient (Wildman–Crippen LogP) is 12.3. The van der Waals surface area contributed by atoms with E-state index in [-0.39, 0.29) is 0 Å². The summed E-state index contributed by atoms with van der Waals surface area (Å²) >= 11 is 1.92. The lowest BCUT2D eigenvalue weighted by Crippen LogP contribution is -2.02. The molecule has 43 heavy (non-hydrogen) atoms. The molecule has 0 saturated heterocycles. The summed E-state index contributed by atoms with van der Waals surface area (Å²) in [5.41, 5.74) is 10.8. The van der Waals surface area contributed by atoms with Gasteiger partial charge < -0.3 is 0 Å². The van der Waals surface area contributed by atoms with Gasteiger partial charge in [-0.3, -0.25) is 0 Å². The molecule has 202 valence electrons. The first-order valence-corrected chi connectivity index (χ1v) is 15.9. The van der Waals surface area contributed by atoms with Gasteiger partial charge in [-0.2, -0.15) is 0 Å². The van der Waals surface area contributed by atoms with Crippen LogP contribution in [0.25, 0.3) is 81.2 Å². The van der Waals surface area contributed by atoms with E-state index < -0.39 is 0 Å². The summed E-state index contributed by atoms with van der Waals surface area (Å²) in [5.74, 6) is 0. The van der Waals surface area contributed by atoms with E-state index in [1.807, 2.05) is 11.3 Å². The quantitative estimate of drug-likeness (QED) is 0.200. The lowest BCUT2D eigenvalue weighted by Gasteiger charge is -2.24. The second-order valence-corrected chi connectivity index (χ2v) is 12.6. The molecule has 0 bridgehead atoms. The van der Waals surface area contributed by atoms with Crippen molar-refractivity contribution in [2.45, 2.75) is 12.8 Å². The van der Waals surface area contributed by atoms with Crippen LogP contribution in [0.1, 0.15) is 17.5 Å². The van der Waals surface area contributed by atoms with E-state index in [1.54, 1.807) is 0 Å². The van der Waals surface area contributed by atoms with E-state index in [4.69, 9.17) is 0 Å². The van der Waals surface area contributed by atoms with Crippen molar-refractivity contribution < 1.29 is 0 Å². The molecule has 0 unspecified atom stereocenters. The average Bonchev–Trinajstić information content (AvgIpc) is 3.46. The second-order valence-electron chi connectivity index (χ2n) is 11.5. The van der Waals surface area contributed by atoms with Crippen molar-refractivity contribution in [3.8, 4) is 33.4 Å². The summed E-state index contributed by atoms with van der Waals surface area (Å²) in [7, 11) is 0. The summed E-state index contributed by atoms with van der Waals surface area (Å²) in [6.45, 7) is 0. The molecule has 0 spiro atoms. The SMILES string of the molecule is C1=Cc2c(c(-c3ccc(-c4cccc5ccccc45)cc3)c3ccccc3c2-c2cccc3c2sc2ccccc23)CC1. The molecule has 1 aliphatic carbocycles. The highest BCUT2D eigenvalue weighted by molar-refractivity contribution is 7.26. The van der Waals surface area contributed by atoms with Gasteiger partial charge in [0.1, 0.15) is 0 Å². The van der Waals surface area contributed by atoms with Crippen LogP contribution in [-0.4, -0.2) is 0 Å². The van der Waals surface area contributed by atoms with Crippen LogP contribution < -0.4 is 0 Å². The molecule has 1 aromatic heterocycles. The van der Waals surface area contributed by atoms with Crippen LogP contribution in [0.3, 0.4) is 0 Å². The second kappa shape index (κ2) is 9.80. The van der Waals surface area contributed by atoms with Gasteiger partial charge in [-0.05, 0) is 79.4 Å². The number of hydrogen-bond donors (Lipinski definition) is 0. The van der Waals surface area contributed by atoms with Gasteiger partial charge in [0, 0.05) is 25.7 Å². The Bertz CT molecular complexity index is 2380. The van der Waals surface area contributed by atoms with Crippen LogP contribution in [0.5, 0.6) is 0 Å². The maximum atomic E-state index is 2.39. The maximum absolute atomic E-state index is 2.39. The van der Waals surface area contributed by atoms with Crippen molar-refractivity contribution in [2.75, 3.05) is 0 Å². The van der Waals surface area contributed by atoms with Crippen molar-refractivity contribution in [3.63, 3.8) is 0 Å². The minimum Gasteiger partial charge on any atom is -0.135 e. The first-order valence-electron chi connectivity index (χ1n) is 15.1. The third-order valence-corrected chi connectivity index (χ3v) is 10.4. The lowest BCUT2D eigenvalue weighted by atomic mass is 9.80. The third-order valence-electron chi connectivity index (χ3n) is 9.16. The summed E-state index contributed by atoms with van der Waals surface area (Å²) < 4.78 is 2.73. The molecule has 7 aromatic carbocycles. The number of allylic oxidation sites excluding steroid dienone is 1. The van der Waals surface area contributed by atoms with Crippen LogP contribution in [-0.2, 0) is 6.42 Å². The van der Waals surface area contributed by atoms with Gasteiger partial charge in [0.15, 0.2) is 0 Å². The molecule has 0 nitrogen and oxygen atoms in total. The molecule has 0 aliphatic heterocycles. The van der Waals surface area contributed by atoms with Crippen LogP contribution in [0.2, 0.25) is 0 Å². The molecule has 8 aromatic rings. The molecule has 0 fully saturated rings. The van der Waals surface area contributed by atoms with Crippen molar-refractivity contribution in [2.24, 2.45) is 0 Å². The van der Waals surface area contributed by atoms with Gasteiger partial charge in [-0.25, -0.2) is 0 Å². The van der Waals surface area contributed by atoms with Gasteiger partial charge >= 0.3 is 0 Å². The minimum atomic E-state index is 1.05. The Hall–Kier alpha value is -4.98. The fraction of sp³-hybridized carbons (Fsp3) is 0.0476. The molecular weight excluding hydrogens is 537 g/mol. The summed E-state index contributed by atoms with van der Waals surface area (Å²) in [5, 5.41) is 7.93. The lowest BCUT2D eigenvalue weighted by molar-refractivity contribution is 0.991. The highest BCUT2D eigenvalue weighted by Crippen LogP contribution is 2.48. The van der Waals surface area contributed by atoms with Gasteiger partial charge in [-0.1, -0.05) is 140 Å². The topological polar surface area (TPSA) is 0 Å². The van der Waals surface area contributed by atoms with Gasteiger partial charge in [0.05, 0.1) is 0 Å². The molecule has 9 rings (SSSR count). The van der Waals surface area contributed by atoms with E-state index in [0.29, 0.717) is 0 Å². The zero-order valence-electron chi connectivity index (χ0n) is 23.7. The molecule has 1 heteroatoms. The fourth-order valence-electron chi connectivity index (χ4n) is 7.24. The summed E-state index contributed by atoms with van der Waals surface area (Å²) in [4.78, 5) is 0. The fourth-order valence-corrected chi connectivity index (χ4v) is 8.46. The largest absolute Gasteiger partial charge is 0.135 e. The maximum Gasteiger partial charge on any atom is 0.0434 e. The van der Waals surface area contributed by atoms with Crippen molar-refractivity contribution in [1.29, 1.82) is 0 Å². The van der Waals surface area contributed by atoms with Crippen molar-refractivity contribution >= 4 is 59.1 Å². The molecule has 0 saturated carbocycles. The molecule has 0 amide bonds. The van der Waals surface area contributed by atoms with E-state index in [9.17, 15) is 0 Å². The van der Waals surface area contributed by atoms with Crippen LogP contribution in [0.15, 0.2) is 140 Å². The van der Waals surface area contributed by atoms with Crippen molar-refractivity contribution in [3.05, 3.63) is 151 Å². The molecule has 0 radical (unpaired) electrons. The normalized spacial score (nSPS) is 12.8. The van der Waals surface area contributed by atoms with Gasteiger partial charge in [0.25, 0.3) is 0 Å². The van der Waals surface area contributed by atoms with E-state index in [1.165, 1.54) is 86.2 Å². The zero-order chi connectivity index (χ0) is 28.3. The Morgan fingerprint density at radius 1 is 0.465 bits per heavy atom. The first kappa shape index (κ1) is 24.6. The number of hydrogen-bond acceptors (Lipinski definition) is 1. The smallest absolute Gasteiger partial charge is 0.0434 e. The van der Waals surface area contributed by atoms with E-state index >= 15 is 0 Å². The molecule has 0 N–H and O–H groups in total. The van der Waals surface area contributed by atoms with Crippen LogP contribution >= 0.6 is 11.3 Å². The highest BCUT2D eigenvalue weighted by atomic mass is 32.1. The van der Waals surface area contributed by atoms with Crippen LogP contribution in [0.4, 0.5) is 0 Å². The number of thiophene rings is 1.